The molecule has 1 aliphatic heterocycles. The number of thioether (sulfide) groups is 1. The van der Waals surface area contributed by atoms with Gasteiger partial charge in [-0.3, -0.25) is 4.79 Å². The molecule has 150 valence electrons. The van der Waals surface area contributed by atoms with Crippen molar-refractivity contribution in [3.8, 4) is 5.88 Å². The van der Waals surface area contributed by atoms with Gasteiger partial charge in [-0.05, 0) is 25.0 Å². The molecule has 1 saturated heterocycles. The first-order valence-electron chi connectivity index (χ1n) is 8.94. The van der Waals surface area contributed by atoms with Gasteiger partial charge < -0.3 is 14.5 Å². The third kappa shape index (κ3) is 4.89. The van der Waals surface area contributed by atoms with Crippen LogP contribution in [0.25, 0.3) is 0 Å². The maximum absolute atomic E-state index is 13.0. The number of carbonyl (C=O) groups excluding carboxylic acids is 1. The zero-order valence-corrected chi connectivity index (χ0v) is 16.5. The second-order valence-corrected chi connectivity index (χ2v) is 7.62. The van der Waals surface area contributed by atoms with Gasteiger partial charge in [0.2, 0.25) is 0 Å². The van der Waals surface area contributed by atoms with Crippen LogP contribution in [0.2, 0.25) is 0 Å². The monoisotopic (exact) mass is 408 g/mol. The normalized spacial score (nSPS) is 16.9. The van der Waals surface area contributed by atoms with Gasteiger partial charge >= 0.3 is 0 Å². The summed E-state index contributed by atoms with van der Waals surface area (Å²) < 4.78 is 31.7. The minimum Gasteiger partial charge on any atom is -0.470 e. The summed E-state index contributed by atoms with van der Waals surface area (Å²) in [5, 5.41) is 0. The average Bonchev–Trinajstić information content (AvgIpc) is 2.68. The first-order valence-corrected chi connectivity index (χ1v) is 9.81. The van der Waals surface area contributed by atoms with Gasteiger partial charge in [0.15, 0.2) is 5.82 Å². The van der Waals surface area contributed by atoms with E-state index in [2.05, 4.69) is 9.97 Å². The Morgan fingerprint density at radius 1 is 1.29 bits per heavy atom. The average molecular weight is 408 g/mol. The van der Waals surface area contributed by atoms with Crippen molar-refractivity contribution in [2.75, 3.05) is 32.1 Å². The summed E-state index contributed by atoms with van der Waals surface area (Å²) in [6, 6.07) is 6.47. The lowest BCUT2D eigenvalue weighted by Crippen LogP contribution is -2.44. The molecule has 0 spiro atoms. The number of piperidine rings is 1. The molecule has 0 bridgehead atoms. The number of carbonyl (C=O) groups is 1. The molecule has 28 heavy (non-hydrogen) atoms. The number of benzene rings is 1. The molecule has 6 nitrogen and oxygen atoms in total. The molecule has 0 radical (unpaired) electrons. The number of alkyl halides is 2. The number of anilines is 1. The summed E-state index contributed by atoms with van der Waals surface area (Å²) in [5.41, 5.74) is 0.293. The molecule has 3 rings (SSSR count). The van der Waals surface area contributed by atoms with Gasteiger partial charge in [0.1, 0.15) is 6.10 Å². The summed E-state index contributed by atoms with van der Waals surface area (Å²) >= 11 is 0.390. The van der Waals surface area contributed by atoms with Crippen LogP contribution in [0.4, 0.5) is 14.6 Å². The number of halogens is 2. The zero-order chi connectivity index (χ0) is 20.1. The summed E-state index contributed by atoms with van der Waals surface area (Å²) in [5.74, 6) is -1.80. The lowest BCUT2D eigenvalue weighted by atomic mass is 10.1. The van der Waals surface area contributed by atoms with Crippen LogP contribution < -0.4 is 9.64 Å². The van der Waals surface area contributed by atoms with Crippen LogP contribution in [0.3, 0.4) is 0 Å². The minimum atomic E-state index is -2.58. The third-order valence-corrected chi connectivity index (χ3v) is 5.14. The van der Waals surface area contributed by atoms with E-state index in [0.29, 0.717) is 42.1 Å². The van der Waals surface area contributed by atoms with Gasteiger partial charge in [-0.25, -0.2) is 9.97 Å². The van der Waals surface area contributed by atoms with E-state index in [9.17, 15) is 13.6 Å². The van der Waals surface area contributed by atoms with Crippen LogP contribution in [0.15, 0.2) is 41.6 Å². The molecule has 0 aliphatic carbocycles. The van der Waals surface area contributed by atoms with E-state index >= 15 is 0 Å². The molecule has 1 aliphatic rings. The molecule has 2 heterocycles. The van der Waals surface area contributed by atoms with Crippen molar-refractivity contribution in [3.05, 3.63) is 42.2 Å². The predicted octanol–water partition coefficient (Wildman–Crippen LogP) is 3.54. The summed E-state index contributed by atoms with van der Waals surface area (Å²) in [4.78, 5) is 25.2. The highest BCUT2D eigenvalue weighted by atomic mass is 32.2. The number of hydrogen-bond acceptors (Lipinski definition) is 6. The maximum Gasteiger partial charge on any atom is 0.288 e. The smallest absolute Gasteiger partial charge is 0.288 e. The molecular formula is C19H22F2N4O2S. The van der Waals surface area contributed by atoms with Crippen LogP contribution in [-0.4, -0.2) is 59.8 Å². The minimum absolute atomic E-state index is 0.233. The van der Waals surface area contributed by atoms with Crippen LogP contribution in [0.5, 0.6) is 5.88 Å². The number of amides is 1. The van der Waals surface area contributed by atoms with E-state index in [-0.39, 0.29) is 16.9 Å². The van der Waals surface area contributed by atoms with E-state index in [1.165, 1.54) is 0 Å². The molecule has 1 unspecified atom stereocenters. The molecule has 1 amide bonds. The van der Waals surface area contributed by atoms with Crippen LogP contribution >= 0.6 is 11.8 Å². The topological polar surface area (TPSA) is 58.6 Å². The SMILES string of the molecule is CN(C)c1nccnc1OC1CCCN(C(=O)c2ccccc2SC(F)F)C1. The number of likely N-dealkylation sites (tertiary alicyclic amines) is 1. The Labute approximate surface area is 166 Å². The van der Waals surface area contributed by atoms with Crippen molar-refractivity contribution < 1.29 is 18.3 Å². The van der Waals surface area contributed by atoms with Gasteiger partial charge in [-0.15, -0.1) is 0 Å². The van der Waals surface area contributed by atoms with Gasteiger partial charge in [0.05, 0.1) is 12.1 Å². The van der Waals surface area contributed by atoms with Gasteiger partial charge in [0.25, 0.3) is 17.5 Å². The highest BCUT2D eigenvalue weighted by molar-refractivity contribution is 7.99. The lowest BCUT2D eigenvalue weighted by Gasteiger charge is -2.33. The van der Waals surface area contributed by atoms with Crippen molar-refractivity contribution in [1.29, 1.82) is 0 Å². The van der Waals surface area contributed by atoms with Crippen molar-refractivity contribution in [1.82, 2.24) is 14.9 Å². The molecule has 2 aromatic rings. The molecule has 1 aromatic carbocycles. The van der Waals surface area contributed by atoms with Crippen molar-refractivity contribution >= 4 is 23.5 Å². The van der Waals surface area contributed by atoms with Crippen LogP contribution in [-0.2, 0) is 0 Å². The fourth-order valence-electron chi connectivity index (χ4n) is 3.10. The number of rotatable bonds is 6. The summed E-state index contributed by atoms with van der Waals surface area (Å²) in [7, 11) is 3.70. The highest BCUT2D eigenvalue weighted by Crippen LogP contribution is 2.30. The zero-order valence-electron chi connectivity index (χ0n) is 15.7. The first kappa shape index (κ1) is 20.3. The Balaban J connectivity index is 1.73. The van der Waals surface area contributed by atoms with E-state index < -0.39 is 5.76 Å². The van der Waals surface area contributed by atoms with Crippen molar-refractivity contribution in [2.24, 2.45) is 0 Å². The lowest BCUT2D eigenvalue weighted by molar-refractivity contribution is 0.0525. The van der Waals surface area contributed by atoms with E-state index in [4.69, 9.17) is 4.74 Å². The van der Waals surface area contributed by atoms with Gasteiger partial charge in [0, 0.05) is 37.9 Å². The van der Waals surface area contributed by atoms with E-state index in [0.717, 1.165) is 12.8 Å². The number of aromatic nitrogens is 2. The highest BCUT2D eigenvalue weighted by Gasteiger charge is 2.28. The van der Waals surface area contributed by atoms with Crippen molar-refractivity contribution in [2.45, 2.75) is 29.6 Å². The standard InChI is InChI=1S/C19H22F2N4O2S/c1-24(2)16-17(23-10-9-22-16)27-13-6-5-11-25(12-13)18(26)14-7-3-4-8-15(14)28-19(20)21/h3-4,7-10,13,19H,5-6,11-12H2,1-2H3. The molecule has 0 saturated carbocycles. The second kappa shape index (κ2) is 9.18. The van der Waals surface area contributed by atoms with E-state index in [1.54, 1.807) is 41.6 Å². The van der Waals surface area contributed by atoms with Crippen LogP contribution in [0.1, 0.15) is 23.2 Å². The molecule has 0 N–H and O–H groups in total. The first-order chi connectivity index (χ1) is 13.5. The molecule has 1 fully saturated rings. The third-order valence-electron chi connectivity index (χ3n) is 4.35. The Kier molecular flexibility index (Phi) is 6.66. The number of hydrogen-bond donors (Lipinski definition) is 0. The maximum atomic E-state index is 13.0. The second-order valence-electron chi connectivity index (χ2n) is 6.59. The molecule has 9 heteroatoms. The number of nitrogens with zero attached hydrogens (tertiary/aromatic N) is 4. The molecule has 1 atom stereocenters. The Morgan fingerprint density at radius 2 is 2.04 bits per heavy atom. The predicted molar refractivity (Wildman–Crippen MR) is 104 cm³/mol. The number of ether oxygens (including phenoxy) is 1. The summed E-state index contributed by atoms with van der Waals surface area (Å²) in [6.45, 7) is 0.934. The van der Waals surface area contributed by atoms with E-state index in [1.807, 2.05) is 19.0 Å². The fourth-order valence-corrected chi connectivity index (χ4v) is 3.73. The van der Waals surface area contributed by atoms with Crippen LogP contribution in [0, 0.1) is 0 Å². The quantitative estimate of drug-likeness (QED) is 0.682. The van der Waals surface area contributed by atoms with Gasteiger partial charge in [-0.1, -0.05) is 23.9 Å². The summed E-state index contributed by atoms with van der Waals surface area (Å²) in [6.07, 6.45) is 4.46. The molecule has 1 aromatic heterocycles. The largest absolute Gasteiger partial charge is 0.470 e. The van der Waals surface area contributed by atoms with Gasteiger partial charge in [-0.2, -0.15) is 8.78 Å². The molecular weight excluding hydrogens is 386 g/mol. The fraction of sp³-hybridized carbons (Fsp3) is 0.421. The van der Waals surface area contributed by atoms with Crippen molar-refractivity contribution in [3.63, 3.8) is 0 Å². The Hall–Kier alpha value is -2.42. The Bertz CT molecular complexity index is 822. The Morgan fingerprint density at radius 3 is 2.79 bits per heavy atom.